The summed E-state index contributed by atoms with van der Waals surface area (Å²) in [6, 6.07) is 16.0. The number of para-hydroxylation sites is 1. The van der Waals surface area contributed by atoms with Crippen molar-refractivity contribution in [1.29, 1.82) is 0 Å². The Morgan fingerprint density at radius 2 is 1.83 bits per heavy atom. The zero-order valence-corrected chi connectivity index (χ0v) is 21.2. The van der Waals surface area contributed by atoms with E-state index in [-0.39, 0.29) is 18.0 Å². The summed E-state index contributed by atoms with van der Waals surface area (Å²) in [6.45, 7) is 0.0292. The van der Waals surface area contributed by atoms with E-state index in [2.05, 4.69) is 15.6 Å². The van der Waals surface area contributed by atoms with Crippen LogP contribution in [-0.4, -0.2) is 40.5 Å². The lowest BCUT2D eigenvalue weighted by molar-refractivity contribution is -0.384. The molecule has 41 heavy (non-hydrogen) atoms. The number of H-pyrrole nitrogens is 1. The minimum absolute atomic E-state index is 0.0292. The molecule has 8 rings (SSSR count). The average molecular weight is 552 g/mol. The van der Waals surface area contributed by atoms with Gasteiger partial charge >= 0.3 is 0 Å². The van der Waals surface area contributed by atoms with Crippen LogP contribution in [0.1, 0.15) is 11.1 Å². The van der Waals surface area contributed by atoms with Crippen LogP contribution >= 0.6 is 0 Å². The van der Waals surface area contributed by atoms with Crippen LogP contribution in [0.4, 0.5) is 17.1 Å². The van der Waals surface area contributed by atoms with E-state index < -0.39 is 46.1 Å². The van der Waals surface area contributed by atoms with Gasteiger partial charge in [-0.2, -0.15) is 0 Å². The topological polar surface area (TPSA) is 156 Å². The fraction of sp³-hybridized carbons (Fsp3) is 0.207. The third-order valence-corrected chi connectivity index (χ3v) is 8.64. The first-order valence-corrected chi connectivity index (χ1v) is 13.1. The van der Waals surface area contributed by atoms with Gasteiger partial charge in [-0.15, -0.1) is 0 Å². The van der Waals surface area contributed by atoms with Crippen LogP contribution in [0.5, 0.6) is 11.5 Å². The number of anilines is 2. The summed E-state index contributed by atoms with van der Waals surface area (Å²) in [6.07, 6.45) is 2.19. The molecule has 0 aliphatic carbocycles. The summed E-state index contributed by atoms with van der Waals surface area (Å²) in [7, 11) is 0. The second-order valence-electron chi connectivity index (χ2n) is 10.6. The van der Waals surface area contributed by atoms with Gasteiger partial charge in [-0.1, -0.05) is 18.2 Å². The molecule has 0 saturated carbocycles. The van der Waals surface area contributed by atoms with E-state index in [0.717, 1.165) is 21.4 Å². The Morgan fingerprint density at radius 3 is 2.68 bits per heavy atom. The molecule has 2 saturated heterocycles. The number of nitro groups is 1. The number of nitrogens with zero attached hydrogens (tertiary/aromatic N) is 2. The van der Waals surface area contributed by atoms with Crippen LogP contribution in [0.15, 0.2) is 66.9 Å². The van der Waals surface area contributed by atoms with E-state index in [1.54, 1.807) is 18.2 Å². The number of benzene rings is 3. The van der Waals surface area contributed by atoms with E-state index in [1.165, 1.54) is 18.2 Å². The molecule has 3 N–H and O–H groups in total. The Morgan fingerprint density at radius 1 is 1.00 bits per heavy atom. The van der Waals surface area contributed by atoms with Crippen molar-refractivity contribution in [2.24, 2.45) is 11.8 Å². The van der Waals surface area contributed by atoms with Gasteiger partial charge < -0.3 is 19.8 Å². The first-order valence-electron chi connectivity index (χ1n) is 13.1. The number of non-ortho nitro benzene ring substituents is 1. The average Bonchev–Trinajstić information content (AvgIpc) is 3.76. The molecular formula is C29H21N5O7. The van der Waals surface area contributed by atoms with Crippen LogP contribution in [0, 0.1) is 22.0 Å². The van der Waals surface area contributed by atoms with Gasteiger partial charge in [0.05, 0.1) is 22.4 Å². The molecule has 12 heteroatoms. The van der Waals surface area contributed by atoms with Gasteiger partial charge in [-0.3, -0.25) is 29.8 Å². The lowest BCUT2D eigenvalue weighted by Crippen LogP contribution is -2.53. The molecule has 3 aromatic carbocycles. The summed E-state index contributed by atoms with van der Waals surface area (Å²) < 4.78 is 10.9. The standard InChI is InChI=1S/C29H21N5O7/c35-26-24-21(9-14-12-30-19-4-2-1-3-17(14)19)32-29(18-10-16(34(38)39)5-7-20(18)31-28(29)37)25(24)27(36)33(26)15-6-8-22-23(11-15)41-13-40-22/h1-8,10-12,21,24-25,30,32H,9,13H2,(H,31,37). The Balaban J connectivity index is 1.28. The first-order chi connectivity index (χ1) is 19.9. The summed E-state index contributed by atoms with van der Waals surface area (Å²) >= 11 is 0. The van der Waals surface area contributed by atoms with Gasteiger partial charge in [0.2, 0.25) is 24.5 Å². The molecule has 2 fully saturated rings. The van der Waals surface area contributed by atoms with Gasteiger partial charge in [0, 0.05) is 52.6 Å². The van der Waals surface area contributed by atoms with Crippen molar-refractivity contribution >= 4 is 45.7 Å². The monoisotopic (exact) mass is 551 g/mol. The largest absolute Gasteiger partial charge is 0.454 e. The van der Waals surface area contributed by atoms with Crippen LogP contribution in [0.2, 0.25) is 0 Å². The number of carbonyl (C=O) groups is 3. The first kappa shape index (κ1) is 23.6. The van der Waals surface area contributed by atoms with Gasteiger partial charge in [0.25, 0.3) is 5.69 Å². The zero-order chi connectivity index (χ0) is 28.0. The Bertz CT molecular complexity index is 1850. The number of hydrogen-bond donors (Lipinski definition) is 3. The summed E-state index contributed by atoms with van der Waals surface area (Å²) in [5, 5.41) is 18.8. The molecule has 0 radical (unpaired) electrons. The van der Waals surface area contributed by atoms with Gasteiger partial charge in [0.1, 0.15) is 5.54 Å². The zero-order valence-electron chi connectivity index (χ0n) is 21.2. The fourth-order valence-corrected chi connectivity index (χ4v) is 6.89. The number of hydrogen-bond acceptors (Lipinski definition) is 8. The van der Waals surface area contributed by atoms with E-state index in [4.69, 9.17) is 9.47 Å². The smallest absolute Gasteiger partial charge is 0.269 e. The molecular weight excluding hydrogens is 530 g/mol. The number of aromatic nitrogens is 1. The van der Waals surface area contributed by atoms with Crippen molar-refractivity contribution in [3.05, 3.63) is 88.1 Å². The second-order valence-corrected chi connectivity index (χ2v) is 10.6. The number of rotatable bonds is 4. The van der Waals surface area contributed by atoms with Crippen molar-refractivity contribution < 1.29 is 28.8 Å². The lowest BCUT2D eigenvalue weighted by atomic mass is 9.76. The third kappa shape index (κ3) is 3.10. The van der Waals surface area contributed by atoms with E-state index >= 15 is 0 Å². The molecule has 3 amide bonds. The molecule has 4 aliphatic heterocycles. The maximum Gasteiger partial charge on any atom is 0.269 e. The molecule has 4 aliphatic rings. The molecule has 204 valence electrons. The maximum atomic E-state index is 14.3. The number of amides is 3. The van der Waals surface area contributed by atoms with Crippen molar-refractivity contribution in [3.63, 3.8) is 0 Å². The van der Waals surface area contributed by atoms with Gasteiger partial charge in [-0.25, -0.2) is 4.90 Å². The van der Waals surface area contributed by atoms with E-state index in [1.807, 2.05) is 30.5 Å². The molecule has 4 unspecified atom stereocenters. The number of fused-ring (bicyclic) bond motifs is 6. The minimum atomic E-state index is -1.68. The van der Waals surface area contributed by atoms with Crippen LogP contribution in [0.3, 0.4) is 0 Å². The normalized spacial score (nSPS) is 25.7. The predicted octanol–water partition coefficient (Wildman–Crippen LogP) is 2.97. The Hall–Kier alpha value is -5.23. The highest BCUT2D eigenvalue weighted by Crippen LogP contribution is 2.55. The highest BCUT2D eigenvalue weighted by atomic mass is 16.7. The second kappa shape index (κ2) is 8.15. The molecule has 1 aromatic heterocycles. The number of imide groups is 1. The highest BCUT2D eigenvalue weighted by Gasteiger charge is 2.70. The SMILES string of the molecule is O=C1C2C(Cc3c[nH]c4ccccc34)NC3(C(=O)Nc4ccc([N+](=O)[O-])cc43)C2C(=O)N1c1ccc2c(c1)OCO2. The number of aromatic amines is 1. The quantitative estimate of drug-likeness (QED) is 0.199. The number of nitro benzene ring substituents is 1. The van der Waals surface area contributed by atoms with Crippen LogP contribution < -0.4 is 25.0 Å². The summed E-state index contributed by atoms with van der Waals surface area (Å²) in [5.74, 6) is -2.71. The maximum absolute atomic E-state index is 14.3. The van der Waals surface area contributed by atoms with Crippen molar-refractivity contribution in [3.8, 4) is 11.5 Å². The van der Waals surface area contributed by atoms with E-state index in [9.17, 15) is 24.5 Å². The predicted molar refractivity (Wildman–Crippen MR) is 144 cm³/mol. The van der Waals surface area contributed by atoms with Crippen molar-refractivity contribution in [2.75, 3.05) is 17.0 Å². The van der Waals surface area contributed by atoms with Crippen LogP contribution in [0.25, 0.3) is 10.9 Å². The number of ether oxygens (including phenoxy) is 2. The summed E-state index contributed by atoms with van der Waals surface area (Å²) in [5.41, 5.74) is 0.874. The van der Waals surface area contributed by atoms with Gasteiger partial charge in [-0.05, 0) is 36.2 Å². The van der Waals surface area contributed by atoms with E-state index in [0.29, 0.717) is 29.3 Å². The molecule has 5 heterocycles. The number of nitrogens with one attached hydrogen (secondary N) is 3. The minimum Gasteiger partial charge on any atom is -0.454 e. The molecule has 4 atom stereocenters. The summed E-state index contributed by atoms with van der Waals surface area (Å²) in [4.78, 5) is 57.7. The number of carbonyl (C=O) groups excluding carboxylic acids is 3. The molecule has 12 nitrogen and oxygen atoms in total. The molecule has 4 aromatic rings. The Kier molecular flexibility index (Phi) is 4.70. The fourth-order valence-electron chi connectivity index (χ4n) is 6.89. The van der Waals surface area contributed by atoms with Crippen molar-refractivity contribution in [1.82, 2.24) is 10.3 Å². The Labute approximate surface area is 231 Å². The van der Waals surface area contributed by atoms with Crippen LogP contribution in [-0.2, 0) is 26.3 Å². The van der Waals surface area contributed by atoms with Crippen molar-refractivity contribution in [2.45, 2.75) is 18.0 Å². The molecule has 0 bridgehead atoms. The van der Waals surface area contributed by atoms with Gasteiger partial charge in [0.15, 0.2) is 11.5 Å². The lowest BCUT2D eigenvalue weighted by Gasteiger charge is -2.29. The highest BCUT2D eigenvalue weighted by molar-refractivity contribution is 6.26. The molecule has 1 spiro atoms. The third-order valence-electron chi connectivity index (χ3n) is 8.64.